The predicted molar refractivity (Wildman–Crippen MR) is 86.9 cm³/mol. The van der Waals surface area contributed by atoms with Crippen molar-refractivity contribution in [1.29, 1.82) is 0 Å². The van der Waals surface area contributed by atoms with Crippen molar-refractivity contribution in [3.63, 3.8) is 0 Å². The maximum Gasteiger partial charge on any atom is 0.0871 e. The molecule has 0 saturated carbocycles. The van der Waals surface area contributed by atoms with Gasteiger partial charge < -0.3 is 15.5 Å². The normalized spacial score (nSPS) is 11.8. The highest BCUT2D eigenvalue weighted by atomic mass is 16.5. The Morgan fingerprint density at radius 2 is 1.45 bits per heavy atom. The molecule has 0 unspecified atom stereocenters. The van der Waals surface area contributed by atoms with Crippen LogP contribution in [0, 0.1) is 0 Å². The predicted octanol–water partition coefficient (Wildman–Crippen LogP) is 3.53. The molecule has 4 nitrogen and oxygen atoms in total. The number of hydrazine groups is 1. The van der Waals surface area contributed by atoms with Crippen molar-refractivity contribution in [3.8, 4) is 0 Å². The molecule has 0 heterocycles. The third-order valence-corrected chi connectivity index (χ3v) is 3.41. The van der Waals surface area contributed by atoms with Gasteiger partial charge in [-0.1, -0.05) is 64.7 Å². The first-order chi connectivity index (χ1) is 9.70. The number of nitrogens with zero attached hydrogens (tertiary/aromatic N) is 1. The number of methoxy groups -OCH3 is 1. The Balaban J connectivity index is 3.29. The molecule has 120 valence electrons. The molecule has 0 rings (SSSR count). The molecule has 20 heavy (non-hydrogen) atoms. The summed E-state index contributed by atoms with van der Waals surface area (Å²) in [6.45, 7) is 3.56. The molecule has 4 heteroatoms. The maximum atomic E-state index is 5.84. The van der Waals surface area contributed by atoms with Gasteiger partial charge in [-0.3, -0.25) is 0 Å². The van der Waals surface area contributed by atoms with Crippen molar-refractivity contribution in [2.24, 2.45) is 11.6 Å². The van der Waals surface area contributed by atoms with Crippen LogP contribution in [0.2, 0.25) is 0 Å². The van der Waals surface area contributed by atoms with Crippen LogP contribution in [0.15, 0.2) is 11.9 Å². The Hall–Kier alpha value is -0.740. The van der Waals surface area contributed by atoms with Crippen LogP contribution in [0.3, 0.4) is 0 Å². The number of ether oxygens (including phenoxy) is 1. The first kappa shape index (κ1) is 19.3. The first-order valence-electron chi connectivity index (χ1n) is 8.17. The molecule has 0 aliphatic rings. The summed E-state index contributed by atoms with van der Waals surface area (Å²) in [5.74, 6) is 5.84. The highest BCUT2D eigenvalue weighted by Gasteiger charge is 1.97. The standard InChI is InChI=1S/C16H35N3O/c1-3-4-5-6-7-8-9-10-11-12-13-19(18)14-16(17)15-20-2/h14H,3-13,15,17-18H2,1-2H3/b16-14-. The number of hydrogen-bond donors (Lipinski definition) is 2. The second kappa shape index (κ2) is 14.7. The fourth-order valence-corrected chi connectivity index (χ4v) is 2.26. The number of hydrogen-bond acceptors (Lipinski definition) is 4. The van der Waals surface area contributed by atoms with Crippen LogP contribution in [-0.2, 0) is 4.74 Å². The summed E-state index contributed by atoms with van der Waals surface area (Å²) in [5.41, 5.74) is 6.39. The molecule has 0 saturated heterocycles. The SMILES string of the molecule is CCCCCCCCCCCCN(N)/C=C(\N)COC. The first-order valence-corrected chi connectivity index (χ1v) is 8.17. The van der Waals surface area contributed by atoms with Crippen molar-refractivity contribution in [2.75, 3.05) is 20.3 Å². The van der Waals surface area contributed by atoms with Crippen LogP contribution in [0.25, 0.3) is 0 Å². The van der Waals surface area contributed by atoms with Gasteiger partial charge in [0.1, 0.15) is 0 Å². The van der Waals surface area contributed by atoms with Gasteiger partial charge in [-0.2, -0.15) is 0 Å². The van der Waals surface area contributed by atoms with Gasteiger partial charge in [0.15, 0.2) is 0 Å². The molecule has 0 aromatic heterocycles. The summed E-state index contributed by atoms with van der Waals surface area (Å²) in [7, 11) is 1.63. The van der Waals surface area contributed by atoms with Gasteiger partial charge in [0.25, 0.3) is 0 Å². The molecule has 0 aromatic rings. The third-order valence-electron chi connectivity index (χ3n) is 3.41. The van der Waals surface area contributed by atoms with Gasteiger partial charge in [-0.15, -0.1) is 0 Å². The number of unbranched alkanes of at least 4 members (excludes halogenated alkanes) is 9. The minimum absolute atomic E-state index is 0.436. The van der Waals surface area contributed by atoms with Gasteiger partial charge in [0, 0.05) is 19.9 Å². The zero-order chi connectivity index (χ0) is 15.1. The van der Waals surface area contributed by atoms with E-state index in [0.717, 1.165) is 13.0 Å². The molecular weight excluding hydrogens is 250 g/mol. The quantitative estimate of drug-likeness (QED) is 0.291. The van der Waals surface area contributed by atoms with E-state index in [-0.39, 0.29) is 0 Å². The van der Waals surface area contributed by atoms with Crippen LogP contribution >= 0.6 is 0 Å². The lowest BCUT2D eigenvalue weighted by atomic mass is 10.1. The lowest BCUT2D eigenvalue weighted by Gasteiger charge is -2.14. The fraction of sp³-hybridized carbons (Fsp3) is 0.875. The maximum absolute atomic E-state index is 5.84. The van der Waals surface area contributed by atoms with Gasteiger partial charge in [-0.25, -0.2) is 5.84 Å². The Labute approximate surface area is 125 Å². The van der Waals surface area contributed by atoms with E-state index in [2.05, 4.69) is 6.92 Å². The lowest BCUT2D eigenvalue weighted by Crippen LogP contribution is -2.28. The molecule has 0 radical (unpaired) electrons. The Bertz CT molecular complexity index is 232. The smallest absolute Gasteiger partial charge is 0.0871 e. The average molecular weight is 285 g/mol. The Kier molecular flexibility index (Phi) is 14.1. The molecule has 0 bridgehead atoms. The molecule has 0 aliphatic carbocycles. The number of nitrogens with two attached hydrogens (primary N) is 2. The molecule has 0 fully saturated rings. The fourth-order valence-electron chi connectivity index (χ4n) is 2.26. The van der Waals surface area contributed by atoms with Crippen LogP contribution in [0.4, 0.5) is 0 Å². The van der Waals surface area contributed by atoms with Crippen LogP contribution in [0.1, 0.15) is 71.1 Å². The molecule has 4 N–H and O–H groups in total. The zero-order valence-electron chi connectivity index (χ0n) is 13.6. The van der Waals surface area contributed by atoms with E-state index in [1.54, 1.807) is 18.3 Å². The van der Waals surface area contributed by atoms with E-state index >= 15 is 0 Å². The third kappa shape index (κ3) is 13.7. The highest BCUT2D eigenvalue weighted by Crippen LogP contribution is 2.10. The molecule has 0 aliphatic heterocycles. The molecule has 0 amide bonds. The van der Waals surface area contributed by atoms with Gasteiger partial charge >= 0.3 is 0 Å². The van der Waals surface area contributed by atoms with Crippen molar-refractivity contribution in [2.45, 2.75) is 71.1 Å². The average Bonchev–Trinajstić information content (AvgIpc) is 2.41. The summed E-state index contributed by atoms with van der Waals surface area (Å²) in [6.07, 6.45) is 15.2. The van der Waals surface area contributed by atoms with E-state index in [4.69, 9.17) is 16.3 Å². The van der Waals surface area contributed by atoms with E-state index in [1.165, 1.54) is 57.8 Å². The lowest BCUT2D eigenvalue weighted by molar-refractivity contribution is 0.221. The van der Waals surface area contributed by atoms with E-state index in [1.807, 2.05) is 0 Å². The second-order valence-electron chi connectivity index (χ2n) is 5.56. The molecule has 0 spiro atoms. The van der Waals surface area contributed by atoms with Crippen LogP contribution < -0.4 is 11.6 Å². The van der Waals surface area contributed by atoms with E-state index in [9.17, 15) is 0 Å². The summed E-state index contributed by atoms with van der Waals surface area (Å²) in [5, 5.41) is 1.67. The van der Waals surface area contributed by atoms with Gasteiger partial charge in [0.2, 0.25) is 0 Å². The van der Waals surface area contributed by atoms with E-state index in [0.29, 0.717) is 12.3 Å². The van der Waals surface area contributed by atoms with Gasteiger partial charge in [-0.05, 0) is 6.42 Å². The van der Waals surface area contributed by atoms with Crippen molar-refractivity contribution < 1.29 is 4.74 Å². The summed E-state index contributed by atoms with van der Waals surface area (Å²) >= 11 is 0. The van der Waals surface area contributed by atoms with Crippen molar-refractivity contribution >= 4 is 0 Å². The zero-order valence-corrected chi connectivity index (χ0v) is 13.6. The van der Waals surface area contributed by atoms with E-state index < -0.39 is 0 Å². The second-order valence-corrected chi connectivity index (χ2v) is 5.56. The molecule has 0 atom stereocenters. The van der Waals surface area contributed by atoms with Crippen LogP contribution in [0.5, 0.6) is 0 Å². The summed E-state index contributed by atoms with van der Waals surface area (Å²) < 4.78 is 4.93. The highest BCUT2D eigenvalue weighted by molar-refractivity contribution is 4.94. The van der Waals surface area contributed by atoms with Crippen molar-refractivity contribution in [1.82, 2.24) is 5.01 Å². The summed E-state index contributed by atoms with van der Waals surface area (Å²) in [4.78, 5) is 0. The van der Waals surface area contributed by atoms with Crippen molar-refractivity contribution in [3.05, 3.63) is 11.9 Å². The molecule has 0 aromatic carbocycles. The Morgan fingerprint density at radius 3 is 1.95 bits per heavy atom. The largest absolute Gasteiger partial charge is 0.399 e. The molecular formula is C16H35N3O. The summed E-state index contributed by atoms with van der Waals surface area (Å²) in [6, 6.07) is 0. The topological polar surface area (TPSA) is 64.5 Å². The minimum Gasteiger partial charge on any atom is -0.399 e. The van der Waals surface area contributed by atoms with Gasteiger partial charge in [0.05, 0.1) is 12.3 Å². The minimum atomic E-state index is 0.436. The van der Waals surface area contributed by atoms with Crippen LogP contribution in [-0.4, -0.2) is 25.3 Å². The monoisotopic (exact) mass is 285 g/mol. The Morgan fingerprint density at radius 1 is 0.950 bits per heavy atom. The number of rotatable bonds is 14.